The molecule has 1 N–H and O–H groups in total. The minimum atomic E-state index is -0.0753. The van der Waals surface area contributed by atoms with Gasteiger partial charge in [0.2, 0.25) is 0 Å². The molecule has 2 aliphatic rings. The van der Waals surface area contributed by atoms with E-state index in [4.69, 9.17) is 4.42 Å². The van der Waals surface area contributed by atoms with Crippen LogP contribution in [0.3, 0.4) is 0 Å². The van der Waals surface area contributed by atoms with Gasteiger partial charge in [0.1, 0.15) is 5.76 Å². The Hall–Kier alpha value is -2.96. The number of hydrogen-bond donors (Lipinski definition) is 1. The molecule has 0 radical (unpaired) electrons. The Kier molecular flexibility index (Phi) is 5.74. The highest BCUT2D eigenvalue weighted by Crippen LogP contribution is 2.23. The Bertz CT molecular complexity index is 844. The lowest BCUT2D eigenvalue weighted by Crippen LogP contribution is -2.50. The Labute approximate surface area is 171 Å². The van der Waals surface area contributed by atoms with Crippen molar-refractivity contribution < 1.29 is 14.0 Å². The molecular formula is C22H28N4O3. The molecule has 4 rings (SSSR count). The van der Waals surface area contributed by atoms with Gasteiger partial charge in [0, 0.05) is 38.8 Å². The fourth-order valence-electron chi connectivity index (χ4n) is 4.19. The molecule has 0 bridgehead atoms. The van der Waals surface area contributed by atoms with Crippen LogP contribution in [0.25, 0.3) is 0 Å². The van der Waals surface area contributed by atoms with Gasteiger partial charge in [-0.1, -0.05) is 29.8 Å². The Morgan fingerprint density at radius 1 is 1.14 bits per heavy atom. The molecule has 0 spiro atoms. The first-order valence-electron chi connectivity index (χ1n) is 10.3. The van der Waals surface area contributed by atoms with Gasteiger partial charge in [-0.3, -0.25) is 0 Å². The maximum absolute atomic E-state index is 12.9. The van der Waals surface area contributed by atoms with Crippen molar-refractivity contribution in [2.45, 2.75) is 38.9 Å². The summed E-state index contributed by atoms with van der Waals surface area (Å²) in [6, 6.07) is 12.2. The zero-order valence-electron chi connectivity index (χ0n) is 16.8. The average Bonchev–Trinajstić information content (AvgIpc) is 3.37. The smallest absolute Gasteiger partial charge is 0.320 e. The van der Waals surface area contributed by atoms with Crippen LogP contribution in [0.15, 0.2) is 47.1 Å². The van der Waals surface area contributed by atoms with E-state index in [1.807, 2.05) is 32.9 Å². The third-order valence-electron chi connectivity index (χ3n) is 5.77. The molecule has 3 heterocycles. The lowest BCUT2D eigenvalue weighted by molar-refractivity contribution is 0.134. The number of carbonyl (C=O) groups is 2. The highest BCUT2D eigenvalue weighted by molar-refractivity contribution is 5.77. The standard InChI is InChI=1S/C22H28N4O3/c1-17-4-2-5-18(14-17)16-25-11-12-26(22(25)28)19-7-9-24(10-8-19)21(27)23-15-20-6-3-13-29-20/h2-6,13-14,19H,7-12,15-16H2,1H3,(H,23,27). The van der Waals surface area contributed by atoms with E-state index in [9.17, 15) is 9.59 Å². The highest BCUT2D eigenvalue weighted by atomic mass is 16.3. The molecule has 7 nitrogen and oxygen atoms in total. The van der Waals surface area contributed by atoms with Gasteiger partial charge >= 0.3 is 12.1 Å². The van der Waals surface area contributed by atoms with Crippen molar-refractivity contribution in [2.24, 2.45) is 0 Å². The van der Waals surface area contributed by atoms with Crippen molar-refractivity contribution in [3.8, 4) is 0 Å². The fourth-order valence-corrected chi connectivity index (χ4v) is 4.19. The van der Waals surface area contributed by atoms with Crippen LogP contribution in [0, 0.1) is 6.92 Å². The minimum Gasteiger partial charge on any atom is -0.467 e. The first-order valence-corrected chi connectivity index (χ1v) is 10.3. The number of benzene rings is 1. The van der Waals surface area contributed by atoms with E-state index in [0.717, 1.165) is 31.7 Å². The zero-order chi connectivity index (χ0) is 20.2. The van der Waals surface area contributed by atoms with Crippen molar-refractivity contribution in [1.82, 2.24) is 20.0 Å². The molecule has 2 saturated heterocycles. The number of rotatable bonds is 5. The molecule has 0 aliphatic carbocycles. The number of likely N-dealkylation sites (tertiary alicyclic amines) is 1. The van der Waals surface area contributed by atoms with Gasteiger partial charge in [-0.15, -0.1) is 0 Å². The van der Waals surface area contributed by atoms with E-state index >= 15 is 0 Å². The van der Waals surface area contributed by atoms with Crippen molar-refractivity contribution in [2.75, 3.05) is 26.2 Å². The summed E-state index contributed by atoms with van der Waals surface area (Å²) < 4.78 is 5.24. The molecule has 0 unspecified atom stereocenters. The summed E-state index contributed by atoms with van der Waals surface area (Å²) in [4.78, 5) is 31.0. The van der Waals surface area contributed by atoms with Crippen LogP contribution in [0.4, 0.5) is 9.59 Å². The third kappa shape index (κ3) is 4.55. The molecule has 4 amide bonds. The Morgan fingerprint density at radius 3 is 2.69 bits per heavy atom. The molecule has 1 aromatic carbocycles. The van der Waals surface area contributed by atoms with Crippen LogP contribution in [-0.4, -0.2) is 59.0 Å². The van der Waals surface area contributed by atoms with Crippen molar-refractivity contribution >= 4 is 12.1 Å². The van der Waals surface area contributed by atoms with Gasteiger partial charge < -0.3 is 24.4 Å². The Balaban J connectivity index is 1.25. The molecule has 29 heavy (non-hydrogen) atoms. The first-order chi connectivity index (χ1) is 14.1. The lowest BCUT2D eigenvalue weighted by atomic mass is 10.0. The molecule has 2 aromatic rings. The number of carbonyl (C=O) groups excluding carboxylic acids is 2. The zero-order valence-corrected chi connectivity index (χ0v) is 16.8. The largest absolute Gasteiger partial charge is 0.467 e. The highest BCUT2D eigenvalue weighted by Gasteiger charge is 2.35. The predicted molar refractivity (Wildman–Crippen MR) is 109 cm³/mol. The molecule has 7 heteroatoms. The normalized spacial score (nSPS) is 17.8. The second-order valence-corrected chi connectivity index (χ2v) is 7.84. The van der Waals surface area contributed by atoms with E-state index < -0.39 is 0 Å². The number of nitrogens with zero attached hydrogens (tertiary/aromatic N) is 3. The number of aryl methyl sites for hydroxylation is 1. The van der Waals surface area contributed by atoms with Gasteiger partial charge in [0.05, 0.1) is 12.8 Å². The third-order valence-corrected chi connectivity index (χ3v) is 5.77. The maximum atomic E-state index is 12.9. The predicted octanol–water partition coefficient (Wildman–Crippen LogP) is 3.20. The van der Waals surface area contributed by atoms with Crippen LogP contribution in [0.5, 0.6) is 0 Å². The monoisotopic (exact) mass is 396 g/mol. The molecule has 1 aromatic heterocycles. The van der Waals surface area contributed by atoms with E-state index in [-0.39, 0.29) is 18.1 Å². The summed E-state index contributed by atoms with van der Waals surface area (Å²) >= 11 is 0. The van der Waals surface area contributed by atoms with E-state index in [2.05, 4.69) is 30.4 Å². The van der Waals surface area contributed by atoms with Crippen LogP contribution in [-0.2, 0) is 13.1 Å². The molecule has 0 atom stereocenters. The minimum absolute atomic E-state index is 0.0753. The molecule has 0 saturated carbocycles. The first kappa shape index (κ1) is 19.4. The summed E-state index contributed by atoms with van der Waals surface area (Å²) in [7, 11) is 0. The SMILES string of the molecule is Cc1cccc(CN2CCN(C3CCN(C(=O)NCc4ccco4)CC3)C2=O)c1. The molecule has 154 valence electrons. The number of urea groups is 2. The van der Waals surface area contributed by atoms with Gasteiger partial charge in [0.25, 0.3) is 0 Å². The molecular weight excluding hydrogens is 368 g/mol. The van der Waals surface area contributed by atoms with Crippen LogP contribution in [0.2, 0.25) is 0 Å². The van der Waals surface area contributed by atoms with Crippen LogP contribution >= 0.6 is 0 Å². The number of nitrogens with one attached hydrogen (secondary N) is 1. The van der Waals surface area contributed by atoms with Gasteiger partial charge in [-0.05, 0) is 37.5 Å². The van der Waals surface area contributed by atoms with Crippen molar-refractivity contribution in [3.05, 3.63) is 59.5 Å². The number of piperidine rings is 1. The van der Waals surface area contributed by atoms with Crippen LogP contribution in [0.1, 0.15) is 29.7 Å². The number of amides is 4. The van der Waals surface area contributed by atoms with Crippen molar-refractivity contribution in [3.63, 3.8) is 0 Å². The van der Waals surface area contributed by atoms with Gasteiger partial charge in [-0.25, -0.2) is 9.59 Å². The maximum Gasteiger partial charge on any atom is 0.320 e. The van der Waals surface area contributed by atoms with E-state index in [1.54, 1.807) is 6.26 Å². The van der Waals surface area contributed by atoms with Crippen LogP contribution < -0.4 is 5.32 Å². The Morgan fingerprint density at radius 2 is 1.97 bits per heavy atom. The average molecular weight is 396 g/mol. The summed E-state index contributed by atoms with van der Waals surface area (Å²) in [6.07, 6.45) is 3.23. The van der Waals surface area contributed by atoms with Crippen molar-refractivity contribution in [1.29, 1.82) is 0 Å². The van der Waals surface area contributed by atoms with Gasteiger partial charge in [0.15, 0.2) is 0 Å². The summed E-state index contributed by atoms with van der Waals surface area (Å²) in [6.45, 7) is 5.97. The summed E-state index contributed by atoms with van der Waals surface area (Å²) in [5.41, 5.74) is 2.38. The second kappa shape index (κ2) is 8.59. The summed E-state index contributed by atoms with van der Waals surface area (Å²) in [5, 5.41) is 2.89. The quantitative estimate of drug-likeness (QED) is 0.844. The van der Waals surface area contributed by atoms with Gasteiger partial charge in [-0.2, -0.15) is 0 Å². The molecule has 2 fully saturated rings. The number of furan rings is 1. The van der Waals surface area contributed by atoms with E-state index in [0.29, 0.717) is 26.2 Å². The molecule has 2 aliphatic heterocycles. The topological polar surface area (TPSA) is 69.0 Å². The van der Waals surface area contributed by atoms with E-state index in [1.165, 1.54) is 11.1 Å². The number of hydrogen-bond acceptors (Lipinski definition) is 3. The lowest BCUT2D eigenvalue weighted by Gasteiger charge is -2.36. The summed E-state index contributed by atoms with van der Waals surface area (Å²) in [5.74, 6) is 0.740. The fraction of sp³-hybridized carbons (Fsp3) is 0.455. The second-order valence-electron chi connectivity index (χ2n) is 7.84.